The molecule has 0 aliphatic rings. The van der Waals surface area contributed by atoms with Crippen LogP contribution >= 0.6 is 11.8 Å². The molecule has 0 fully saturated rings. The van der Waals surface area contributed by atoms with E-state index in [1.807, 2.05) is 62.4 Å². The highest BCUT2D eigenvalue weighted by molar-refractivity contribution is 8.00. The molecule has 1 N–H and O–H groups in total. The van der Waals surface area contributed by atoms with Gasteiger partial charge in [0.05, 0.1) is 19.0 Å². The number of rotatable bonds is 8. The summed E-state index contributed by atoms with van der Waals surface area (Å²) in [6.07, 6.45) is 0. The Morgan fingerprint density at radius 1 is 1.08 bits per heavy atom. The minimum Gasteiger partial charge on any atom is -0.497 e. The van der Waals surface area contributed by atoms with Gasteiger partial charge in [-0.3, -0.25) is 4.79 Å². The van der Waals surface area contributed by atoms with Gasteiger partial charge >= 0.3 is 0 Å². The van der Waals surface area contributed by atoms with Crippen molar-refractivity contribution in [2.24, 2.45) is 0 Å². The first kappa shape index (κ1) is 18.2. The van der Waals surface area contributed by atoms with Crippen molar-refractivity contribution in [2.45, 2.75) is 30.5 Å². The van der Waals surface area contributed by atoms with Crippen LogP contribution in [0.25, 0.3) is 0 Å². The summed E-state index contributed by atoms with van der Waals surface area (Å²) in [5.74, 6) is 1.67. The van der Waals surface area contributed by atoms with E-state index in [-0.39, 0.29) is 11.2 Å². The van der Waals surface area contributed by atoms with E-state index in [0.29, 0.717) is 13.2 Å². The summed E-state index contributed by atoms with van der Waals surface area (Å²) in [5, 5.41) is 2.80. The molecule has 0 heterocycles. The van der Waals surface area contributed by atoms with Crippen molar-refractivity contribution in [3.05, 3.63) is 54.1 Å². The molecule has 2 aromatic carbocycles. The Labute approximate surface area is 147 Å². The molecule has 24 heavy (non-hydrogen) atoms. The SMILES string of the molecule is CCOc1ccc(CNC(=O)C(C)Sc2ccc(OC)cc2)cc1. The van der Waals surface area contributed by atoms with E-state index in [1.165, 1.54) is 11.8 Å². The van der Waals surface area contributed by atoms with Crippen molar-refractivity contribution in [3.8, 4) is 11.5 Å². The van der Waals surface area contributed by atoms with Crippen LogP contribution in [0.4, 0.5) is 0 Å². The van der Waals surface area contributed by atoms with Gasteiger partial charge in [-0.05, 0) is 55.8 Å². The summed E-state index contributed by atoms with van der Waals surface area (Å²) in [4.78, 5) is 13.3. The second kappa shape index (κ2) is 9.23. The molecule has 2 rings (SSSR count). The Hall–Kier alpha value is -2.14. The van der Waals surface area contributed by atoms with Gasteiger partial charge in [-0.1, -0.05) is 12.1 Å². The maximum atomic E-state index is 12.2. The highest BCUT2D eigenvalue weighted by atomic mass is 32.2. The number of hydrogen-bond acceptors (Lipinski definition) is 4. The molecule has 4 nitrogen and oxygen atoms in total. The van der Waals surface area contributed by atoms with Crippen molar-refractivity contribution >= 4 is 17.7 Å². The van der Waals surface area contributed by atoms with Crippen molar-refractivity contribution in [3.63, 3.8) is 0 Å². The number of benzene rings is 2. The molecule has 0 radical (unpaired) electrons. The highest BCUT2D eigenvalue weighted by Gasteiger charge is 2.14. The second-order valence-electron chi connectivity index (χ2n) is 5.23. The van der Waals surface area contributed by atoms with E-state index in [0.717, 1.165) is 22.0 Å². The van der Waals surface area contributed by atoms with E-state index in [4.69, 9.17) is 9.47 Å². The van der Waals surface area contributed by atoms with Crippen LogP contribution in [0.1, 0.15) is 19.4 Å². The topological polar surface area (TPSA) is 47.6 Å². The van der Waals surface area contributed by atoms with Crippen molar-refractivity contribution in [1.29, 1.82) is 0 Å². The van der Waals surface area contributed by atoms with Crippen molar-refractivity contribution in [1.82, 2.24) is 5.32 Å². The van der Waals surface area contributed by atoms with E-state index in [9.17, 15) is 4.79 Å². The van der Waals surface area contributed by atoms with Gasteiger partial charge in [-0.25, -0.2) is 0 Å². The van der Waals surface area contributed by atoms with Gasteiger partial charge in [0, 0.05) is 11.4 Å². The zero-order chi connectivity index (χ0) is 17.4. The summed E-state index contributed by atoms with van der Waals surface area (Å²) >= 11 is 1.53. The average molecular weight is 345 g/mol. The highest BCUT2D eigenvalue weighted by Crippen LogP contribution is 2.25. The predicted molar refractivity (Wildman–Crippen MR) is 97.8 cm³/mol. The van der Waals surface area contributed by atoms with Gasteiger partial charge in [0.15, 0.2) is 0 Å². The van der Waals surface area contributed by atoms with Gasteiger partial charge in [0.25, 0.3) is 0 Å². The van der Waals surface area contributed by atoms with Crippen molar-refractivity contribution < 1.29 is 14.3 Å². The number of ether oxygens (including phenoxy) is 2. The molecular weight excluding hydrogens is 322 g/mol. The first-order valence-electron chi connectivity index (χ1n) is 7.92. The van der Waals surface area contributed by atoms with Crippen LogP contribution in [0.2, 0.25) is 0 Å². The number of nitrogens with one attached hydrogen (secondary N) is 1. The molecule has 0 bridgehead atoms. The molecule has 5 heteroatoms. The number of carbonyl (C=O) groups excluding carboxylic acids is 1. The van der Waals surface area contributed by atoms with Crippen LogP contribution < -0.4 is 14.8 Å². The third kappa shape index (κ3) is 5.49. The molecule has 1 unspecified atom stereocenters. The average Bonchev–Trinajstić information content (AvgIpc) is 2.61. The van der Waals surface area contributed by atoms with Crippen LogP contribution in [0, 0.1) is 0 Å². The Morgan fingerprint density at radius 2 is 1.71 bits per heavy atom. The number of thioether (sulfide) groups is 1. The molecule has 0 aromatic heterocycles. The maximum absolute atomic E-state index is 12.2. The van der Waals surface area contributed by atoms with Gasteiger partial charge in [0.1, 0.15) is 11.5 Å². The Balaban J connectivity index is 1.82. The van der Waals surface area contributed by atoms with Crippen LogP contribution in [-0.4, -0.2) is 24.9 Å². The zero-order valence-electron chi connectivity index (χ0n) is 14.2. The minimum absolute atomic E-state index is 0.0182. The predicted octanol–water partition coefficient (Wildman–Crippen LogP) is 3.89. The Bertz CT molecular complexity index is 641. The van der Waals surface area contributed by atoms with Crippen LogP contribution in [0.5, 0.6) is 11.5 Å². The number of hydrogen-bond donors (Lipinski definition) is 1. The second-order valence-corrected chi connectivity index (χ2v) is 6.64. The molecule has 1 amide bonds. The fraction of sp³-hybridized carbons (Fsp3) is 0.316. The lowest BCUT2D eigenvalue weighted by Crippen LogP contribution is -2.30. The first-order chi connectivity index (χ1) is 11.6. The number of carbonyl (C=O) groups is 1. The summed E-state index contributed by atoms with van der Waals surface area (Å²) in [6.45, 7) is 5.02. The minimum atomic E-state index is -0.166. The lowest BCUT2D eigenvalue weighted by Gasteiger charge is -2.12. The first-order valence-corrected chi connectivity index (χ1v) is 8.80. The fourth-order valence-electron chi connectivity index (χ4n) is 2.12. The number of methoxy groups -OCH3 is 1. The molecule has 0 aliphatic carbocycles. The van der Waals surface area contributed by atoms with E-state index in [2.05, 4.69) is 5.32 Å². The van der Waals surface area contributed by atoms with Crippen LogP contribution in [0.3, 0.4) is 0 Å². The summed E-state index contributed by atoms with van der Waals surface area (Å²) < 4.78 is 10.5. The molecule has 0 spiro atoms. The zero-order valence-corrected chi connectivity index (χ0v) is 15.1. The molecule has 2 aromatic rings. The third-order valence-corrected chi connectivity index (χ3v) is 4.55. The smallest absolute Gasteiger partial charge is 0.233 e. The normalized spacial score (nSPS) is 11.6. The van der Waals surface area contributed by atoms with Crippen LogP contribution in [0.15, 0.2) is 53.4 Å². The molecule has 0 saturated heterocycles. The largest absolute Gasteiger partial charge is 0.497 e. The van der Waals surface area contributed by atoms with Crippen molar-refractivity contribution in [2.75, 3.05) is 13.7 Å². The molecule has 0 saturated carbocycles. The summed E-state index contributed by atoms with van der Waals surface area (Å²) in [5.41, 5.74) is 1.05. The van der Waals surface area contributed by atoms with E-state index >= 15 is 0 Å². The lowest BCUT2D eigenvalue weighted by atomic mass is 10.2. The number of amides is 1. The monoisotopic (exact) mass is 345 g/mol. The standard InChI is InChI=1S/C19H23NO3S/c1-4-23-17-7-5-15(6-8-17)13-20-19(21)14(2)24-18-11-9-16(22-3)10-12-18/h5-12,14H,4,13H2,1-3H3,(H,20,21). The fourth-order valence-corrected chi connectivity index (χ4v) is 3.01. The molecular formula is C19H23NO3S. The van der Waals surface area contributed by atoms with Gasteiger partial charge < -0.3 is 14.8 Å². The lowest BCUT2D eigenvalue weighted by molar-refractivity contribution is -0.120. The summed E-state index contributed by atoms with van der Waals surface area (Å²) in [6, 6.07) is 15.5. The van der Waals surface area contributed by atoms with E-state index in [1.54, 1.807) is 7.11 Å². The van der Waals surface area contributed by atoms with E-state index < -0.39 is 0 Å². The van der Waals surface area contributed by atoms with Gasteiger partial charge in [0.2, 0.25) is 5.91 Å². The Morgan fingerprint density at radius 3 is 2.29 bits per heavy atom. The quantitative estimate of drug-likeness (QED) is 0.737. The third-order valence-electron chi connectivity index (χ3n) is 3.44. The maximum Gasteiger partial charge on any atom is 0.233 e. The molecule has 128 valence electrons. The Kier molecular flexibility index (Phi) is 7.00. The van der Waals surface area contributed by atoms with Gasteiger partial charge in [-0.2, -0.15) is 0 Å². The van der Waals surface area contributed by atoms with Gasteiger partial charge in [-0.15, -0.1) is 11.8 Å². The molecule has 0 aliphatic heterocycles. The molecule has 1 atom stereocenters. The summed E-state index contributed by atoms with van der Waals surface area (Å²) in [7, 11) is 1.64. The van der Waals surface area contributed by atoms with Crippen LogP contribution in [-0.2, 0) is 11.3 Å².